The Morgan fingerprint density at radius 1 is 0.846 bits per heavy atom. The van der Waals surface area contributed by atoms with Crippen LogP contribution in [0.4, 0.5) is 11.4 Å². The maximum absolute atomic E-state index is 7.23. The Labute approximate surface area is 237 Å². The second-order valence-corrected chi connectivity index (χ2v) is 16.2. The van der Waals surface area contributed by atoms with Gasteiger partial charge >= 0.3 is 0 Å². The van der Waals surface area contributed by atoms with Crippen molar-refractivity contribution in [3.8, 4) is 5.75 Å². The molecule has 1 aliphatic heterocycles. The molecule has 4 rings (SSSR count). The van der Waals surface area contributed by atoms with Crippen LogP contribution in [-0.4, -0.2) is 59.2 Å². The topological polar surface area (TPSA) is 51.0 Å². The van der Waals surface area contributed by atoms with E-state index in [9.17, 15) is 0 Å². The highest BCUT2D eigenvalue weighted by Gasteiger charge is 2.50. The summed E-state index contributed by atoms with van der Waals surface area (Å²) in [5.41, 5.74) is 8.02. The van der Waals surface area contributed by atoms with E-state index < -0.39 is 8.32 Å². The molecule has 0 amide bonds. The molecule has 5 nitrogen and oxygen atoms in total. The third-order valence-corrected chi connectivity index (χ3v) is 13.0. The number of ether oxygens (including phenoxy) is 1. The lowest BCUT2D eigenvalue weighted by atomic mass is 10.2. The van der Waals surface area contributed by atoms with Crippen molar-refractivity contribution in [2.24, 2.45) is 0 Å². The van der Waals surface area contributed by atoms with E-state index in [4.69, 9.17) is 14.9 Å². The van der Waals surface area contributed by atoms with Crippen LogP contribution in [0.2, 0.25) is 5.04 Å². The molecular formula is C33H47N3O2Si. The van der Waals surface area contributed by atoms with Gasteiger partial charge in [-0.05, 0) is 60.8 Å². The molecule has 1 atom stereocenters. The molecule has 0 aliphatic carbocycles. The largest absolute Gasteiger partial charge is 0.491 e. The van der Waals surface area contributed by atoms with Crippen LogP contribution in [0.5, 0.6) is 5.75 Å². The Morgan fingerprint density at radius 2 is 1.44 bits per heavy atom. The number of unbranched alkanes of at least 4 members (excludes halogenated alkanes) is 1. The number of nitrogens with zero attached hydrogens (tertiary/aromatic N) is 2. The highest BCUT2D eigenvalue weighted by atomic mass is 28.4. The van der Waals surface area contributed by atoms with E-state index in [1.54, 1.807) is 0 Å². The number of nitrogens with two attached hydrogens (primary N) is 1. The molecule has 2 N–H and O–H groups in total. The molecule has 0 spiro atoms. The number of hydrogen-bond donors (Lipinski definition) is 1. The number of hydrogen-bond acceptors (Lipinski definition) is 5. The van der Waals surface area contributed by atoms with Crippen LogP contribution in [0.25, 0.3) is 0 Å². The molecule has 6 heteroatoms. The molecule has 0 saturated carbocycles. The second kappa shape index (κ2) is 13.0. The molecule has 1 saturated heterocycles. The lowest BCUT2D eigenvalue weighted by Crippen LogP contribution is -2.67. The summed E-state index contributed by atoms with van der Waals surface area (Å²) < 4.78 is 13.5. The SMILES string of the molecule is CC(CCCCOc1cc(N)ccc1N1CCN(C)CC1)O[Si](c1ccccc1)(c1ccccc1)C(C)(C)C. The van der Waals surface area contributed by atoms with Crippen LogP contribution in [0.3, 0.4) is 0 Å². The number of anilines is 2. The number of nitrogen functional groups attached to an aromatic ring is 1. The van der Waals surface area contributed by atoms with Gasteiger partial charge in [-0.15, -0.1) is 0 Å². The summed E-state index contributed by atoms with van der Waals surface area (Å²) in [6.45, 7) is 14.1. The maximum atomic E-state index is 7.23. The van der Waals surface area contributed by atoms with Crippen LogP contribution < -0.4 is 25.7 Å². The number of likely N-dealkylation sites (N-methyl/N-ethyl adjacent to an activating group) is 1. The molecule has 39 heavy (non-hydrogen) atoms. The van der Waals surface area contributed by atoms with Gasteiger partial charge in [-0.25, -0.2) is 0 Å². The van der Waals surface area contributed by atoms with Gasteiger partial charge in [0, 0.05) is 44.0 Å². The monoisotopic (exact) mass is 545 g/mol. The molecule has 0 aromatic heterocycles. The zero-order valence-electron chi connectivity index (χ0n) is 24.5. The molecular weight excluding hydrogens is 498 g/mol. The van der Waals surface area contributed by atoms with Crippen molar-refractivity contribution < 1.29 is 9.16 Å². The summed E-state index contributed by atoms with van der Waals surface area (Å²) in [6, 6.07) is 27.8. The Bertz CT molecular complexity index is 1120. The first-order valence-electron chi connectivity index (χ1n) is 14.5. The fourth-order valence-electron chi connectivity index (χ4n) is 5.72. The molecule has 3 aromatic carbocycles. The van der Waals surface area contributed by atoms with Gasteiger partial charge in [0.1, 0.15) is 5.75 Å². The molecule has 1 aliphatic rings. The summed E-state index contributed by atoms with van der Waals surface area (Å²) in [5, 5.41) is 2.65. The van der Waals surface area contributed by atoms with E-state index >= 15 is 0 Å². The summed E-state index contributed by atoms with van der Waals surface area (Å²) in [7, 11) is -0.349. The standard InChI is InChI=1S/C33H47N3O2Si/c1-27(38-39(33(2,3)4,29-15-8-6-9-16-29)30-17-10-7-11-18-30)14-12-13-25-37-32-26-28(34)19-20-31(32)36-23-21-35(5)22-24-36/h6-11,15-20,26-27H,12-14,21-25,34H2,1-5H3. The predicted octanol–water partition coefficient (Wildman–Crippen LogP) is 5.53. The van der Waals surface area contributed by atoms with Crippen molar-refractivity contribution in [1.29, 1.82) is 0 Å². The van der Waals surface area contributed by atoms with Gasteiger partial charge in [0.05, 0.1) is 12.3 Å². The molecule has 1 heterocycles. The van der Waals surface area contributed by atoms with Crippen molar-refractivity contribution in [3.63, 3.8) is 0 Å². The van der Waals surface area contributed by atoms with Crippen molar-refractivity contribution in [2.45, 2.75) is 58.1 Å². The summed E-state index contributed by atoms with van der Waals surface area (Å²) in [5.74, 6) is 0.899. The Balaban J connectivity index is 1.39. The van der Waals surface area contributed by atoms with E-state index in [0.717, 1.165) is 62.6 Å². The summed E-state index contributed by atoms with van der Waals surface area (Å²) >= 11 is 0. The van der Waals surface area contributed by atoms with E-state index in [-0.39, 0.29) is 11.1 Å². The minimum Gasteiger partial charge on any atom is -0.491 e. The Kier molecular flexibility index (Phi) is 9.75. The van der Waals surface area contributed by atoms with Crippen molar-refractivity contribution >= 4 is 30.1 Å². The summed E-state index contributed by atoms with van der Waals surface area (Å²) in [4.78, 5) is 4.78. The Morgan fingerprint density at radius 3 is 2.00 bits per heavy atom. The zero-order valence-corrected chi connectivity index (χ0v) is 25.5. The summed E-state index contributed by atoms with van der Waals surface area (Å²) in [6.07, 6.45) is 3.16. The lowest BCUT2D eigenvalue weighted by molar-refractivity contribution is 0.188. The van der Waals surface area contributed by atoms with Gasteiger partial charge in [-0.1, -0.05) is 81.4 Å². The van der Waals surface area contributed by atoms with Gasteiger partial charge in [0.15, 0.2) is 0 Å². The fourth-order valence-corrected chi connectivity index (χ4v) is 10.5. The normalized spacial score (nSPS) is 15.8. The first-order chi connectivity index (χ1) is 18.7. The predicted molar refractivity (Wildman–Crippen MR) is 168 cm³/mol. The third-order valence-electron chi connectivity index (χ3n) is 7.89. The molecule has 0 bridgehead atoms. The van der Waals surface area contributed by atoms with Gasteiger partial charge in [-0.3, -0.25) is 0 Å². The van der Waals surface area contributed by atoms with E-state index in [1.165, 1.54) is 10.4 Å². The van der Waals surface area contributed by atoms with Gasteiger partial charge in [0.25, 0.3) is 8.32 Å². The number of benzene rings is 3. The number of piperazine rings is 1. The van der Waals surface area contributed by atoms with E-state index in [0.29, 0.717) is 6.61 Å². The van der Waals surface area contributed by atoms with Crippen molar-refractivity contribution in [2.75, 3.05) is 50.5 Å². The molecule has 3 aromatic rings. The van der Waals surface area contributed by atoms with Crippen LogP contribution in [0, 0.1) is 0 Å². The first kappa shape index (κ1) is 29.2. The fraction of sp³-hybridized carbons (Fsp3) is 0.455. The van der Waals surface area contributed by atoms with Gasteiger partial charge in [-0.2, -0.15) is 0 Å². The van der Waals surface area contributed by atoms with E-state index in [2.05, 4.69) is 111 Å². The minimum absolute atomic E-state index is 0.0139. The molecule has 1 fully saturated rings. The first-order valence-corrected chi connectivity index (χ1v) is 16.4. The maximum Gasteiger partial charge on any atom is 0.261 e. The smallest absolute Gasteiger partial charge is 0.261 e. The third kappa shape index (κ3) is 7.05. The average Bonchev–Trinajstić information content (AvgIpc) is 2.92. The second-order valence-electron chi connectivity index (χ2n) is 12.0. The number of rotatable bonds is 11. The molecule has 1 unspecified atom stereocenters. The Hall–Kier alpha value is -2.80. The van der Waals surface area contributed by atoms with Gasteiger partial charge < -0.3 is 24.7 Å². The van der Waals surface area contributed by atoms with Crippen molar-refractivity contribution in [3.05, 3.63) is 78.9 Å². The molecule has 210 valence electrons. The van der Waals surface area contributed by atoms with Gasteiger partial charge in [0.2, 0.25) is 0 Å². The average molecular weight is 546 g/mol. The zero-order chi connectivity index (χ0) is 27.9. The van der Waals surface area contributed by atoms with Crippen LogP contribution in [0.15, 0.2) is 78.9 Å². The van der Waals surface area contributed by atoms with Crippen LogP contribution in [-0.2, 0) is 4.43 Å². The minimum atomic E-state index is -2.53. The highest BCUT2D eigenvalue weighted by molar-refractivity contribution is 6.99. The highest BCUT2D eigenvalue weighted by Crippen LogP contribution is 2.38. The molecule has 0 radical (unpaired) electrons. The van der Waals surface area contributed by atoms with Crippen LogP contribution in [0.1, 0.15) is 47.0 Å². The van der Waals surface area contributed by atoms with E-state index in [1.807, 2.05) is 12.1 Å². The quantitative estimate of drug-likeness (QED) is 0.195. The van der Waals surface area contributed by atoms with Crippen molar-refractivity contribution in [1.82, 2.24) is 4.90 Å². The van der Waals surface area contributed by atoms with Crippen LogP contribution >= 0.6 is 0 Å². The lowest BCUT2D eigenvalue weighted by Gasteiger charge is -2.44.